The summed E-state index contributed by atoms with van der Waals surface area (Å²) >= 11 is 0. The van der Waals surface area contributed by atoms with Crippen LogP contribution >= 0.6 is 12.4 Å². The van der Waals surface area contributed by atoms with Crippen molar-refractivity contribution in [1.29, 1.82) is 0 Å². The van der Waals surface area contributed by atoms with Gasteiger partial charge in [0.1, 0.15) is 0 Å². The zero-order valence-electron chi connectivity index (χ0n) is 14.6. The molecule has 6 heteroatoms. The molecule has 2 aliphatic rings. The molecular formula is C17H32ClN3O2. The van der Waals surface area contributed by atoms with Crippen LogP contribution < -0.4 is 11.1 Å². The van der Waals surface area contributed by atoms with Crippen LogP contribution in [0.3, 0.4) is 0 Å². The number of nitrogens with zero attached hydrogens (tertiary/aromatic N) is 1. The largest absolute Gasteiger partial charge is 0.353 e. The van der Waals surface area contributed by atoms with E-state index in [0.717, 1.165) is 51.6 Å². The van der Waals surface area contributed by atoms with Gasteiger partial charge >= 0.3 is 0 Å². The molecule has 2 amide bonds. The minimum atomic E-state index is -0.363. The van der Waals surface area contributed by atoms with Crippen molar-refractivity contribution in [3.63, 3.8) is 0 Å². The predicted octanol–water partition coefficient (Wildman–Crippen LogP) is 2.08. The molecule has 1 aliphatic heterocycles. The number of carbonyl (C=O) groups excluding carboxylic acids is 2. The van der Waals surface area contributed by atoms with Gasteiger partial charge in [0, 0.05) is 30.6 Å². The van der Waals surface area contributed by atoms with Gasteiger partial charge in [0.2, 0.25) is 11.8 Å². The van der Waals surface area contributed by atoms with Crippen LogP contribution in [0.1, 0.15) is 59.3 Å². The number of rotatable bonds is 3. The van der Waals surface area contributed by atoms with Crippen molar-refractivity contribution in [3.8, 4) is 0 Å². The Balaban J connectivity index is 0.00000264. The second kappa shape index (κ2) is 8.34. The van der Waals surface area contributed by atoms with E-state index in [-0.39, 0.29) is 47.6 Å². The molecule has 0 aromatic rings. The number of hydrogen-bond donors (Lipinski definition) is 2. The molecule has 2 unspecified atom stereocenters. The molecule has 5 nitrogen and oxygen atoms in total. The van der Waals surface area contributed by atoms with Gasteiger partial charge in [-0.05, 0) is 32.6 Å². The summed E-state index contributed by atoms with van der Waals surface area (Å²) in [6, 6.07) is 0.203. The summed E-state index contributed by atoms with van der Waals surface area (Å²) in [7, 11) is 0. The molecule has 0 radical (unpaired) electrons. The minimum absolute atomic E-state index is 0. The van der Waals surface area contributed by atoms with Crippen molar-refractivity contribution in [2.24, 2.45) is 17.6 Å². The Labute approximate surface area is 146 Å². The van der Waals surface area contributed by atoms with Gasteiger partial charge in [-0.15, -0.1) is 12.4 Å². The first-order valence-electron chi connectivity index (χ1n) is 8.69. The zero-order chi connectivity index (χ0) is 16.3. The number of piperidine rings is 1. The summed E-state index contributed by atoms with van der Waals surface area (Å²) in [6.45, 7) is 7.28. The molecule has 1 saturated carbocycles. The maximum atomic E-state index is 12.8. The van der Waals surface area contributed by atoms with Crippen LogP contribution in [0.15, 0.2) is 0 Å². The molecule has 1 saturated heterocycles. The van der Waals surface area contributed by atoms with Crippen molar-refractivity contribution in [2.45, 2.75) is 70.9 Å². The molecule has 2 fully saturated rings. The Kier molecular flexibility index (Phi) is 7.33. The maximum absolute atomic E-state index is 12.8. The highest BCUT2D eigenvalue weighted by Gasteiger charge is 2.40. The summed E-state index contributed by atoms with van der Waals surface area (Å²) in [6.07, 6.45) is 5.76. The molecule has 23 heavy (non-hydrogen) atoms. The van der Waals surface area contributed by atoms with Gasteiger partial charge in [0.05, 0.1) is 5.92 Å². The third-order valence-corrected chi connectivity index (χ3v) is 5.23. The lowest BCUT2D eigenvalue weighted by atomic mass is 9.74. The van der Waals surface area contributed by atoms with E-state index in [1.165, 1.54) is 0 Å². The van der Waals surface area contributed by atoms with Gasteiger partial charge in [-0.2, -0.15) is 0 Å². The highest BCUT2D eigenvalue weighted by molar-refractivity contribution is 5.85. The average Bonchev–Trinajstić information content (AvgIpc) is 2.46. The van der Waals surface area contributed by atoms with E-state index >= 15 is 0 Å². The summed E-state index contributed by atoms with van der Waals surface area (Å²) < 4.78 is 0. The fraction of sp³-hybridized carbons (Fsp3) is 0.882. The Bertz CT molecular complexity index is 418. The van der Waals surface area contributed by atoms with Crippen LogP contribution in [-0.2, 0) is 9.59 Å². The average molecular weight is 346 g/mol. The van der Waals surface area contributed by atoms with Gasteiger partial charge < -0.3 is 16.0 Å². The smallest absolute Gasteiger partial charge is 0.227 e. The van der Waals surface area contributed by atoms with Crippen molar-refractivity contribution < 1.29 is 9.59 Å². The Morgan fingerprint density at radius 2 is 1.78 bits per heavy atom. The maximum Gasteiger partial charge on any atom is 0.227 e. The quantitative estimate of drug-likeness (QED) is 0.822. The number of likely N-dealkylation sites (tertiary alicyclic amines) is 1. The van der Waals surface area contributed by atoms with E-state index < -0.39 is 0 Å². The fourth-order valence-corrected chi connectivity index (χ4v) is 3.60. The van der Waals surface area contributed by atoms with Gasteiger partial charge in [-0.25, -0.2) is 0 Å². The van der Waals surface area contributed by atoms with E-state index in [4.69, 9.17) is 5.73 Å². The summed E-state index contributed by atoms with van der Waals surface area (Å²) in [5, 5.41) is 3.07. The molecular weight excluding hydrogens is 314 g/mol. The molecule has 0 spiro atoms. The standard InChI is InChI=1S/C17H31N3O2.ClH/c1-12(2)15(21)19-13-7-10-20(11-8-13)16(22)14-6-4-5-9-17(14,3)18;/h12-14H,4-11,18H2,1-3H3,(H,19,21);1H. The monoisotopic (exact) mass is 345 g/mol. The van der Waals surface area contributed by atoms with E-state index in [0.29, 0.717) is 0 Å². The molecule has 0 bridgehead atoms. The van der Waals surface area contributed by atoms with Crippen LogP contribution in [-0.4, -0.2) is 41.4 Å². The van der Waals surface area contributed by atoms with Crippen molar-refractivity contribution in [3.05, 3.63) is 0 Å². The third-order valence-electron chi connectivity index (χ3n) is 5.23. The van der Waals surface area contributed by atoms with Crippen molar-refractivity contribution >= 4 is 24.2 Å². The Morgan fingerprint density at radius 1 is 1.17 bits per heavy atom. The van der Waals surface area contributed by atoms with Crippen LogP contribution in [0.2, 0.25) is 0 Å². The first kappa shape index (κ1) is 20.2. The first-order chi connectivity index (χ1) is 10.3. The number of nitrogens with one attached hydrogen (secondary N) is 1. The topological polar surface area (TPSA) is 75.4 Å². The number of carbonyl (C=O) groups is 2. The van der Waals surface area contributed by atoms with Crippen LogP contribution in [0.25, 0.3) is 0 Å². The van der Waals surface area contributed by atoms with Gasteiger partial charge in [0.15, 0.2) is 0 Å². The van der Waals surface area contributed by atoms with E-state index in [1.54, 1.807) is 0 Å². The molecule has 0 aromatic heterocycles. The van der Waals surface area contributed by atoms with Gasteiger partial charge in [0.25, 0.3) is 0 Å². The van der Waals surface area contributed by atoms with E-state index in [2.05, 4.69) is 5.32 Å². The lowest BCUT2D eigenvalue weighted by Crippen LogP contribution is -2.56. The molecule has 2 rings (SSSR count). The Morgan fingerprint density at radius 3 is 2.30 bits per heavy atom. The Hall–Kier alpha value is -0.810. The molecule has 1 aliphatic carbocycles. The fourth-order valence-electron chi connectivity index (χ4n) is 3.60. The molecule has 134 valence electrons. The van der Waals surface area contributed by atoms with Crippen molar-refractivity contribution in [2.75, 3.05) is 13.1 Å². The third kappa shape index (κ3) is 5.08. The van der Waals surface area contributed by atoms with Gasteiger partial charge in [-0.1, -0.05) is 26.7 Å². The molecule has 1 heterocycles. The lowest BCUT2D eigenvalue weighted by molar-refractivity contribution is -0.140. The summed E-state index contributed by atoms with van der Waals surface area (Å²) in [5.41, 5.74) is 5.99. The predicted molar refractivity (Wildman–Crippen MR) is 94.4 cm³/mol. The highest BCUT2D eigenvalue weighted by Crippen LogP contribution is 2.33. The van der Waals surface area contributed by atoms with Gasteiger partial charge in [-0.3, -0.25) is 9.59 Å². The summed E-state index contributed by atoms with van der Waals surface area (Å²) in [4.78, 5) is 26.5. The lowest BCUT2D eigenvalue weighted by Gasteiger charge is -2.42. The van der Waals surface area contributed by atoms with E-state index in [9.17, 15) is 9.59 Å². The second-order valence-electron chi connectivity index (χ2n) is 7.57. The number of hydrogen-bond acceptors (Lipinski definition) is 3. The number of halogens is 1. The highest BCUT2D eigenvalue weighted by atomic mass is 35.5. The normalized spacial score (nSPS) is 29.1. The van der Waals surface area contributed by atoms with Crippen LogP contribution in [0.4, 0.5) is 0 Å². The second-order valence-corrected chi connectivity index (χ2v) is 7.57. The van der Waals surface area contributed by atoms with Crippen molar-refractivity contribution in [1.82, 2.24) is 10.2 Å². The molecule has 2 atom stereocenters. The minimum Gasteiger partial charge on any atom is -0.353 e. The van der Waals surface area contributed by atoms with E-state index in [1.807, 2.05) is 25.7 Å². The number of amides is 2. The SMILES string of the molecule is CC(C)C(=O)NC1CCN(C(=O)C2CCCCC2(C)N)CC1.Cl. The first-order valence-corrected chi connectivity index (χ1v) is 8.69. The summed E-state index contributed by atoms with van der Waals surface area (Å²) in [5.74, 6) is 0.299. The van der Waals surface area contributed by atoms with Crippen LogP contribution in [0, 0.1) is 11.8 Å². The zero-order valence-corrected chi connectivity index (χ0v) is 15.5. The van der Waals surface area contributed by atoms with Crippen LogP contribution in [0.5, 0.6) is 0 Å². The number of nitrogens with two attached hydrogens (primary N) is 1. The molecule has 3 N–H and O–H groups in total. The molecule has 0 aromatic carbocycles.